The lowest BCUT2D eigenvalue weighted by Gasteiger charge is -1.90. The highest BCUT2D eigenvalue weighted by molar-refractivity contribution is 6.15. The second-order valence-electron chi connectivity index (χ2n) is 2.52. The average Bonchev–Trinajstić information content (AvgIpc) is 2.23. The van der Waals surface area contributed by atoms with Crippen molar-refractivity contribution in [2.24, 2.45) is 0 Å². The molecule has 0 unspecified atom stereocenters. The van der Waals surface area contributed by atoms with E-state index in [0.717, 1.165) is 0 Å². The Morgan fingerprint density at radius 3 is 1.00 bits per heavy atom. The summed E-state index contributed by atoms with van der Waals surface area (Å²) in [6, 6.07) is 0. The Balaban J connectivity index is 0. The van der Waals surface area contributed by atoms with Gasteiger partial charge >= 0.3 is 29.8 Å². The second-order valence-corrected chi connectivity index (χ2v) is 2.52. The summed E-state index contributed by atoms with van der Waals surface area (Å²) < 4.78 is 0. The Morgan fingerprint density at radius 1 is 0.579 bits per heavy atom. The molecule has 10 heteroatoms. The maximum atomic E-state index is 9.96. The Hall–Kier alpha value is -3.17. The molecule has 0 aromatic carbocycles. The standard InChI is InChI=1S/C5H4O6.C4H4O4/c6-3(7)1-2(4(8)9)5(10)11;5-3(6)1-2-4(7)8/h1H,(H,6,7)(H,8,9)(H,10,11);1-2H,(H,5,6)(H,7,8)/b;2-1+. The molecule has 0 heterocycles. The van der Waals surface area contributed by atoms with Gasteiger partial charge in [0.15, 0.2) is 5.57 Å². The smallest absolute Gasteiger partial charge is 0.343 e. The molecule has 0 saturated carbocycles. The van der Waals surface area contributed by atoms with E-state index in [1.165, 1.54) is 0 Å². The summed E-state index contributed by atoms with van der Waals surface area (Å²) in [6.07, 6.45) is 1.23. The first-order chi connectivity index (χ1) is 8.57. The van der Waals surface area contributed by atoms with E-state index in [4.69, 9.17) is 25.5 Å². The van der Waals surface area contributed by atoms with E-state index >= 15 is 0 Å². The summed E-state index contributed by atoms with van der Waals surface area (Å²) in [5.41, 5.74) is -1.17. The molecule has 0 fully saturated rings. The van der Waals surface area contributed by atoms with Crippen molar-refractivity contribution in [3.63, 3.8) is 0 Å². The SMILES string of the molecule is O=C(O)/C=C/C(=O)O.O=C(O)C=C(C(=O)O)C(=O)O. The minimum absolute atomic E-state index is 0.116. The number of hydrogen-bond donors (Lipinski definition) is 5. The van der Waals surface area contributed by atoms with E-state index in [9.17, 15) is 24.0 Å². The van der Waals surface area contributed by atoms with Crippen LogP contribution in [0.4, 0.5) is 0 Å². The molecular formula is C9H8O10. The van der Waals surface area contributed by atoms with Gasteiger partial charge in [0, 0.05) is 18.2 Å². The lowest BCUT2D eigenvalue weighted by atomic mass is 10.2. The summed E-state index contributed by atoms with van der Waals surface area (Å²) in [6.45, 7) is 0. The van der Waals surface area contributed by atoms with Crippen LogP contribution in [0.2, 0.25) is 0 Å². The molecule has 0 bridgehead atoms. The number of carbonyl (C=O) groups is 5. The number of aliphatic carboxylic acids is 5. The summed E-state index contributed by atoms with van der Waals surface area (Å²) in [5.74, 6) is -7.68. The largest absolute Gasteiger partial charge is 0.478 e. The molecule has 0 rings (SSSR count). The van der Waals surface area contributed by atoms with Gasteiger partial charge < -0.3 is 25.5 Å². The molecule has 0 saturated heterocycles. The van der Waals surface area contributed by atoms with Crippen molar-refractivity contribution >= 4 is 29.8 Å². The van der Waals surface area contributed by atoms with Crippen molar-refractivity contribution in [3.8, 4) is 0 Å². The summed E-state index contributed by atoms with van der Waals surface area (Å²) in [4.78, 5) is 48.9. The first-order valence-electron chi connectivity index (χ1n) is 4.13. The van der Waals surface area contributed by atoms with Crippen LogP contribution in [0.25, 0.3) is 0 Å². The molecule has 0 atom stereocenters. The van der Waals surface area contributed by atoms with E-state index in [0.29, 0.717) is 12.2 Å². The molecule has 0 aliphatic carbocycles. The van der Waals surface area contributed by atoms with Crippen molar-refractivity contribution < 1.29 is 49.5 Å². The van der Waals surface area contributed by atoms with E-state index in [-0.39, 0.29) is 6.08 Å². The number of carboxylic acids is 5. The zero-order valence-corrected chi connectivity index (χ0v) is 9.01. The molecule has 0 radical (unpaired) electrons. The van der Waals surface area contributed by atoms with Crippen LogP contribution in [0, 0.1) is 0 Å². The molecule has 0 aromatic rings. The van der Waals surface area contributed by atoms with E-state index in [1.54, 1.807) is 0 Å². The van der Waals surface area contributed by atoms with Gasteiger partial charge in [0.05, 0.1) is 0 Å². The van der Waals surface area contributed by atoms with Gasteiger partial charge in [-0.3, -0.25) is 0 Å². The van der Waals surface area contributed by atoms with Gasteiger partial charge in [-0.15, -0.1) is 0 Å². The molecule has 0 spiro atoms. The first-order valence-corrected chi connectivity index (χ1v) is 4.13. The zero-order valence-electron chi connectivity index (χ0n) is 9.01. The fourth-order valence-corrected chi connectivity index (χ4v) is 0.481. The van der Waals surface area contributed by atoms with E-state index in [1.807, 2.05) is 0 Å². The van der Waals surface area contributed by atoms with Gasteiger partial charge in [-0.25, -0.2) is 24.0 Å². The fourth-order valence-electron chi connectivity index (χ4n) is 0.481. The lowest BCUT2D eigenvalue weighted by Crippen LogP contribution is -2.12. The van der Waals surface area contributed by atoms with Crippen LogP contribution in [0.3, 0.4) is 0 Å². The summed E-state index contributed by atoms with van der Waals surface area (Å²) in [5, 5.41) is 39.8. The monoisotopic (exact) mass is 276 g/mol. The number of carboxylic acid groups (broad SMARTS) is 5. The van der Waals surface area contributed by atoms with Crippen LogP contribution in [-0.4, -0.2) is 55.4 Å². The molecular weight excluding hydrogens is 268 g/mol. The van der Waals surface area contributed by atoms with E-state index in [2.05, 4.69) is 0 Å². The van der Waals surface area contributed by atoms with Crippen molar-refractivity contribution in [1.29, 1.82) is 0 Å². The lowest BCUT2D eigenvalue weighted by molar-refractivity contribution is -0.141. The van der Waals surface area contributed by atoms with Gasteiger partial charge in [0.2, 0.25) is 0 Å². The quantitative estimate of drug-likeness (QED) is 0.233. The molecule has 0 amide bonds. The highest BCUT2D eigenvalue weighted by atomic mass is 16.4. The highest BCUT2D eigenvalue weighted by Gasteiger charge is 2.16. The highest BCUT2D eigenvalue weighted by Crippen LogP contribution is 1.93. The van der Waals surface area contributed by atoms with Crippen LogP contribution in [0.1, 0.15) is 0 Å². The van der Waals surface area contributed by atoms with Crippen molar-refractivity contribution in [2.45, 2.75) is 0 Å². The number of hydrogen-bond acceptors (Lipinski definition) is 5. The van der Waals surface area contributed by atoms with Crippen LogP contribution in [0.15, 0.2) is 23.8 Å². The Bertz CT molecular complexity index is 424. The summed E-state index contributed by atoms with van der Waals surface area (Å²) in [7, 11) is 0. The molecule has 104 valence electrons. The van der Waals surface area contributed by atoms with Crippen LogP contribution < -0.4 is 0 Å². The zero-order chi connectivity index (χ0) is 15.6. The second kappa shape index (κ2) is 8.92. The van der Waals surface area contributed by atoms with E-state index < -0.39 is 35.4 Å². The molecule has 19 heavy (non-hydrogen) atoms. The topological polar surface area (TPSA) is 186 Å². The molecule has 0 aromatic heterocycles. The maximum absolute atomic E-state index is 9.96. The van der Waals surface area contributed by atoms with Gasteiger partial charge in [0.1, 0.15) is 0 Å². The predicted molar refractivity (Wildman–Crippen MR) is 55.4 cm³/mol. The fraction of sp³-hybridized carbons (Fsp3) is 0. The van der Waals surface area contributed by atoms with Crippen LogP contribution >= 0.6 is 0 Å². The molecule has 0 aliphatic rings. The van der Waals surface area contributed by atoms with Crippen molar-refractivity contribution in [1.82, 2.24) is 0 Å². The van der Waals surface area contributed by atoms with Crippen molar-refractivity contribution in [3.05, 3.63) is 23.8 Å². The van der Waals surface area contributed by atoms with Crippen LogP contribution in [-0.2, 0) is 24.0 Å². The Kier molecular flexibility index (Phi) is 8.55. The minimum Gasteiger partial charge on any atom is -0.478 e. The first kappa shape index (κ1) is 18.2. The Morgan fingerprint density at radius 2 is 0.895 bits per heavy atom. The minimum atomic E-state index is -1.78. The molecule has 0 aliphatic heterocycles. The van der Waals surface area contributed by atoms with Gasteiger partial charge in [0.25, 0.3) is 0 Å². The average molecular weight is 276 g/mol. The third-order valence-electron chi connectivity index (χ3n) is 1.10. The molecule has 10 nitrogen and oxygen atoms in total. The van der Waals surface area contributed by atoms with Gasteiger partial charge in [-0.05, 0) is 0 Å². The Labute approximate surface area is 104 Å². The third kappa shape index (κ3) is 12.8. The van der Waals surface area contributed by atoms with Gasteiger partial charge in [-0.2, -0.15) is 0 Å². The third-order valence-corrected chi connectivity index (χ3v) is 1.10. The summed E-state index contributed by atoms with van der Waals surface area (Å²) >= 11 is 0. The number of rotatable bonds is 5. The van der Waals surface area contributed by atoms with Crippen molar-refractivity contribution in [2.75, 3.05) is 0 Å². The molecule has 5 N–H and O–H groups in total. The van der Waals surface area contributed by atoms with Gasteiger partial charge in [-0.1, -0.05) is 0 Å². The predicted octanol–water partition coefficient (Wildman–Crippen LogP) is -1.12. The maximum Gasteiger partial charge on any atom is 0.343 e. The normalized spacial score (nSPS) is 8.84. The van der Waals surface area contributed by atoms with Crippen LogP contribution in [0.5, 0.6) is 0 Å².